The number of pyridine rings is 1. The van der Waals surface area contributed by atoms with Gasteiger partial charge in [0, 0.05) is 51.0 Å². The van der Waals surface area contributed by atoms with Crippen LogP contribution < -0.4 is 15.5 Å². The van der Waals surface area contributed by atoms with Crippen LogP contribution >= 0.6 is 0 Å². The van der Waals surface area contributed by atoms with Gasteiger partial charge in [0.25, 0.3) is 5.89 Å². The Hall–Kier alpha value is -3.42. The number of hydrogen-bond acceptors (Lipinski definition) is 6. The molecule has 8 nitrogen and oxygen atoms in total. The highest BCUT2D eigenvalue weighted by molar-refractivity contribution is 5.79. The maximum absolute atomic E-state index is 5.30. The molecule has 0 saturated carbocycles. The number of para-hydroxylation sites is 1. The fraction of sp³-hybridized carbons (Fsp3) is 0.391. The SMILES string of the molecule is CCNC(=NCCCN(CC)c1ccccc1)NCCc1noc(-c2ccccn2)n1. The second kappa shape index (κ2) is 12.3. The van der Waals surface area contributed by atoms with Gasteiger partial charge >= 0.3 is 0 Å². The molecule has 2 heterocycles. The maximum Gasteiger partial charge on any atom is 0.276 e. The zero-order valence-electron chi connectivity index (χ0n) is 18.3. The number of hydrogen-bond donors (Lipinski definition) is 2. The van der Waals surface area contributed by atoms with E-state index in [1.165, 1.54) is 5.69 Å². The van der Waals surface area contributed by atoms with Crippen LogP contribution in [0.25, 0.3) is 11.6 Å². The van der Waals surface area contributed by atoms with E-state index in [1.807, 2.05) is 24.3 Å². The van der Waals surface area contributed by atoms with Gasteiger partial charge in [-0.1, -0.05) is 29.4 Å². The van der Waals surface area contributed by atoms with E-state index in [-0.39, 0.29) is 0 Å². The first-order valence-corrected chi connectivity index (χ1v) is 10.9. The van der Waals surface area contributed by atoms with E-state index in [0.717, 1.165) is 38.6 Å². The van der Waals surface area contributed by atoms with Crippen molar-refractivity contribution >= 4 is 11.6 Å². The third kappa shape index (κ3) is 7.09. The Bertz CT molecular complexity index is 912. The molecule has 0 saturated heterocycles. The van der Waals surface area contributed by atoms with Crippen molar-refractivity contribution in [2.45, 2.75) is 26.7 Å². The lowest BCUT2D eigenvalue weighted by Crippen LogP contribution is -2.38. The molecule has 1 aromatic carbocycles. The van der Waals surface area contributed by atoms with Gasteiger partial charge in [-0.25, -0.2) is 0 Å². The average molecular weight is 422 g/mol. The Kier molecular flexibility index (Phi) is 8.85. The second-order valence-corrected chi connectivity index (χ2v) is 6.94. The number of benzene rings is 1. The summed E-state index contributed by atoms with van der Waals surface area (Å²) >= 11 is 0. The lowest BCUT2D eigenvalue weighted by molar-refractivity contribution is 0.421. The van der Waals surface area contributed by atoms with E-state index >= 15 is 0 Å². The molecule has 2 aromatic heterocycles. The molecule has 3 aromatic rings. The molecular weight excluding hydrogens is 390 g/mol. The Labute approximate surface area is 183 Å². The van der Waals surface area contributed by atoms with Crippen LogP contribution in [-0.2, 0) is 6.42 Å². The predicted octanol–water partition coefficient (Wildman–Crippen LogP) is 3.15. The number of guanidine groups is 1. The van der Waals surface area contributed by atoms with Crippen LogP contribution in [0.1, 0.15) is 26.1 Å². The van der Waals surface area contributed by atoms with Crippen molar-refractivity contribution in [1.82, 2.24) is 25.8 Å². The minimum Gasteiger partial charge on any atom is -0.372 e. The van der Waals surface area contributed by atoms with E-state index in [4.69, 9.17) is 9.52 Å². The van der Waals surface area contributed by atoms with Crippen LogP contribution in [0, 0.1) is 0 Å². The van der Waals surface area contributed by atoms with Gasteiger partial charge in [-0.3, -0.25) is 9.98 Å². The summed E-state index contributed by atoms with van der Waals surface area (Å²) in [6.07, 6.45) is 3.33. The topological polar surface area (TPSA) is 91.5 Å². The standard InChI is InChI=1S/C23H31N7O/c1-3-24-23(26-16-10-18-30(4-2)19-11-6-5-7-12-19)27-17-14-21-28-22(31-29-21)20-13-8-9-15-25-20/h5-9,11-13,15H,3-4,10,14,16-18H2,1-2H3,(H2,24,26,27). The Morgan fingerprint density at radius 3 is 2.65 bits per heavy atom. The van der Waals surface area contributed by atoms with Crippen LogP contribution in [0.4, 0.5) is 5.69 Å². The Balaban J connectivity index is 1.44. The third-order valence-corrected chi connectivity index (χ3v) is 4.70. The summed E-state index contributed by atoms with van der Waals surface area (Å²) in [6.45, 7) is 8.43. The molecule has 3 rings (SSSR count). The number of anilines is 1. The van der Waals surface area contributed by atoms with Crippen LogP contribution in [0.15, 0.2) is 64.2 Å². The first kappa shape index (κ1) is 22.3. The molecule has 0 amide bonds. The predicted molar refractivity (Wildman–Crippen MR) is 124 cm³/mol. The summed E-state index contributed by atoms with van der Waals surface area (Å²) in [6, 6.07) is 16.1. The van der Waals surface area contributed by atoms with E-state index in [9.17, 15) is 0 Å². The van der Waals surface area contributed by atoms with Crippen molar-refractivity contribution in [2.24, 2.45) is 4.99 Å². The Morgan fingerprint density at radius 1 is 1.06 bits per heavy atom. The monoisotopic (exact) mass is 421 g/mol. The highest BCUT2D eigenvalue weighted by Gasteiger charge is 2.09. The molecule has 164 valence electrons. The van der Waals surface area contributed by atoms with Crippen LogP contribution in [0.5, 0.6) is 0 Å². The molecule has 8 heteroatoms. The van der Waals surface area contributed by atoms with Gasteiger partial charge in [-0.05, 0) is 44.5 Å². The van der Waals surface area contributed by atoms with Crippen molar-refractivity contribution in [3.63, 3.8) is 0 Å². The van der Waals surface area contributed by atoms with E-state index in [1.54, 1.807) is 6.20 Å². The Morgan fingerprint density at radius 2 is 1.90 bits per heavy atom. The van der Waals surface area contributed by atoms with Crippen LogP contribution in [0.3, 0.4) is 0 Å². The smallest absolute Gasteiger partial charge is 0.276 e. The number of aromatic nitrogens is 3. The molecule has 0 aliphatic rings. The molecular formula is C23H31N7O. The van der Waals surface area contributed by atoms with E-state index in [0.29, 0.717) is 30.4 Å². The summed E-state index contributed by atoms with van der Waals surface area (Å²) in [5, 5.41) is 10.7. The zero-order chi connectivity index (χ0) is 21.7. The van der Waals surface area contributed by atoms with Crippen LogP contribution in [0.2, 0.25) is 0 Å². The van der Waals surface area contributed by atoms with Gasteiger partial charge in [0.1, 0.15) is 5.69 Å². The van der Waals surface area contributed by atoms with Crippen molar-refractivity contribution in [3.05, 3.63) is 60.6 Å². The molecule has 0 unspecified atom stereocenters. The van der Waals surface area contributed by atoms with E-state index < -0.39 is 0 Å². The fourth-order valence-corrected chi connectivity index (χ4v) is 3.14. The molecule has 0 atom stereocenters. The zero-order valence-corrected chi connectivity index (χ0v) is 18.3. The lowest BCUT2D eigenvalue weighted by Gasteiger charge is -2.22. The van der Waals surface area contributed by atoms with Gasteiger partial charge in [-0.2, -0.15) is 4.98 Å². The number of aliphatic imine (C=N–C) groups is 1. The molecule has 0 spiro atoms. The molecule has 0 aliphatic carbocycles. The highest BCUT2D eigenvalue weighted by atomic mass is 16.5. The summed E-state index contributed by atoms with van der Waals surface area (Å²) in [5.74, 6) is 1.89. The molecule has 0 fully saturated rings. The van der Waals surface area contributed by atoms with E-state index in [2.05, 4.69) is 68.8 Å². The molecule has 31 heavy (non-hydrogen) atoms. The largest absolute Gasteiger partial charge is 0.372 e. The summed E-state index contributed by atoms with van der Waals surface area (Å²) in [4.78, 5) is 15.7. The number of nitrogens with zero attached hydrogens (tertiary/aromatic N) is 5. The second-order valence-electron chi connectivity index (χ2n) is 6.94. The van der Waals surface area contributed by atoms with Gasteiger partial charge in [-0.15, -0.1) is 0 Å². The third-order valence-electron chi connectivity index (χ3n) is 4.70. The number of rotatable bonds is 11. The average Bonchev–Trinajstić information content (AvgIpc) is 3.29. The van der Waals surface area contributed by atoms with Gasteiger partial charge in [0.15, 0.2) is 11.8 Å². The summed E-state index contributed by atoms with van der Waals surface area (Å²) in [7, 11) is 0. The van der Waals surface area contributed by atoms with Gasteiger partial charge in [0.05, 0.1) is 0 Å². The molecule has 0 radical (unpaired) electrons. The maximum atomic E-state index is 5.30. The minimum absolute atomic E-state index is 0.440. The molecule has 2 N–H and O–H groups in total. The lowest BCUT2D eigenvalue weighted by atomic mass is 10.2. The van der Waals surface area contributed by atoms with Crippen molar-refractivity contribution in [1.29, 1.82) is 0 Å². The van der Waals surface area contributed by atoms with Gasteiger partial charge < -0.3 is 20.1 Å². The fourth-order valence-electron chi connectivity index (χ4n) is 3.14. The molecule has 0 aliphatic heterocycles. The van der Waals surface area contributed by atoms with Crippen LogP contribution in [-0.4, -0.2) is 53.8 Å². The van der Waals surface area contributed by atoms with Crippen molar-refractivity contribution < 1.29 is 4.52 Å². The first-order valence-electron chi connectivity index (χ1n) is 10.9. The summed E-state index contributed by atoms with van der Waals surface area (Å²) < 4.78 is 5.30. The normalized spacial score (nSPS) is 11.4. The summed E-state index contributed by atoms with van der Waals surface area (Å²) in [5.41, 5.74) is 1.94. The first-order chi connectivity index (χ1) is 15.3. The van der Waals surface area contributed by atoms with Gasteiger partial charge in [0.2, 0.25) is 0 Å². The minimum atomic E-state index is 0.440. The molecule has 0 bridgehead atoms. The number of nitrogens with one attached hydrogen (secondary N) is 2. The van der Waals surface area contributed by atoms with Crippen molar-refractivity contribution in [2.75, 3.05) is 37.6 Å². The highest BCUT2D eigenvalue weighted by Crippen LogP contribution is 2.14. The quantitative estimate of drug-likeness (QED) is 0.279. The van der Waals surface area contributed by atoms with Crippen molar-refractivity contribution in [3.8, 4) is 11.6 Å².